The Morgan fingerprint density at radius 2 is 1.41 bits per heavy atom. The maximum Gasteiger partial charge on any atom is 0.250 e. The van der Waals surface area contributed by atoms with Crippen LogP contribution in [0.25, 0.3) is 0 Å². The van der Waals surface area contributed by atoms with E-state index in [4.69, 9.17) is 4.43 Å². The number of rotatable bonds is 4. The van der Waals surface area contributed by atoms with Gasteiger partial charge in [0.25, 0.3) is 8.32 Å². The second-order valence-corrected chi connectivity index (χ2v) is 11.6. The van der Waals surface area contributed by atoms with Gasteiger partial charge in [-0.15, -0.1) is 5.11 Å². The van der Waals surface area contributed by atoms with Gasteiger partial charge in [-0.1, -0.05) is 51.1 Å². The molecule has 0 bridgehead atoms. The molecule has 22 heavy (non-hydrogen) atoms. The average molecular weight is 312 g/mol. The van der Waals surface area contributed by atoms with Crippen LogP contribution in [0, 0.1) is 0 Å². The summed E-state index contributed by atoms with van der Waals surface area (Å²) < 4.78 is 6.37. The molecule has 2 aromatic carbocycles. The van der Waals surface area contributed by atoms with Crippen molar-refractivity contribution in [2.45, 2.75) is 38.9 Å². The molecule has 0 spiro atoms. The largest absolute Gasteiger partial charge is 0.542 e. The minimum Gasteiger partial charge on any atom is -0.542 e. The van der Waals surface area contributed by atoms with Gasteiger partial charge in [0.2, 0.25) is 0 Å². The van der Waals surface area contributed by atoms with E-state index in [2.05, 4.69) is 44.1 Å². The number of azo groups is 1. The third kappa shape index (κ3) is 4.04. The van der Waals surface area contributed by atoms with Gasteiger partial charge in [-0.3, -0.25) is 0 Å². The van der Waals surface area contributed by atoms with Crippen LogP contribution >= 0.6 is 0 Å². The number of para-hydroxylation sites is 1. The lowest BCUT2D eigenvalue weighted by Crippen LogP contribution is -2.43. The number of hydrogen-bond acceptors (Lipinski definition) is 3. The van der Waals surface area contributed by atoms with E-state index in [-0.39, 0.29) is 5.04 Å². The Labute approximate surface area is 134 Å². The van der Waals surface area contributed by atoms with E-state index in [0.717, 1.165) is 17.1 Å². The lowest BCUT2D eigenvalue weighted by atomic mass is 10.2. The first-order chi connectivity index (χ1) is 10.3. The van der Waals surface area contributed by atoms with Gasteiger partial charge in [0.15, 0.2) is 0 Å². The van der Waals surface area contributed by atoms with Crippen LogP contribution in [0.15, 0.2) is 64.8 Å². The summed E-state index contributed by atoms with van der Waals surface area (Å²) in [6.07, 6.45) is 0. The van der Waals surface area contributed by atoms with Crippen molar-refractivity contribution in [3.8, 4) is 5.75 Å². The summed E-state index contributed by atoms with van der Waals surface area (Å²) in [4.78, 5) is 0. The van der Waals surface area contributed by atoms with Crippen LogP contribution in [0.2, 0.25) is 18.1 Å². The summed E-state index contributed by atoms with van der Waals surface area (Å²) in [5, 5.41) is 8.80. The summed E-state index contributed by atoms with van der Waals surface area (Å²) >= 11 is 0. The monoisotopic (exact) mass is 312 g/mol. The maximum absolute atomic E-state index is 6.37. The molecule has 0 amide bonds. The summed E-state index contributed by atoms with van der Waals surface area (Å²) in [6, 6.07) is 17.6. The molecular weight excluding hydrogens is 288 g/mol. The van der Waals surface area contributed by atoms with Crippen LogP contribution in [0.5, 0.6) is 5.75 Å². The molecule has 0 heterocycles. The molecule has 0 unspecified atom stereocenters. The first-order valence-electron chi connectivity index (χ1n) is 7.54. The Kier molecular flexibility index (Phi) is 4.81. The molecule has 3 nitrogen and oxygen atoms in total. The van der Waals surface area contributed by atoms with Gasteiger partial charge >= 0.3 is 0 Å². The van der Waals surface area contributed by atoms with Crippen molar-refractivity contribution in [3.63, 3.8) is 0 Å². The quantitative estimate of drug-likeness (QED) is 0.469. The van der Waals surface area contributed by atoms with Crippen molar-refractivity contribution < 1.29 is 4.43 Å². The molecule has 0 aliphatic carbocycles. The minimum atomic E-state index is -1.89. The zero-order chi connectivity index (χ0) is 16.2. The molecule has 0 fully saturated rings. The highest BCUT2D eigenvalue weighted by Crippen LogP contribution is 2.40. The molecule has 4 heteroatoms. The number of nitrogens with zero attached hydrogens (tertiary/aromatic N) is 2. The first kappa shape index (κ1) is 16.4. The average Bonchev–Trinajstić information content (AvgIpc) is 2.46. The predicted molar refractivity (Wildman–Crippen MR) is 94.9 cm³/mol. The maximum atomic E-state index is 6.37. The van der Waals surface area contributed by atoms with Crippen LogP contribution in [-0.2, 0) is 0 Å². The number of benzene rings is 2. The highest BCUT2D eigenvalue weighted by molar-refractivity contribution is 6.74. The molecule has 0 N–H and O–H groups in total. The van der Waals surface area contributed by atoms with E-state index in [9.17, 15) is 0 Å². The first-order valence-corrected chi connectivity index (χ1v) is 10.5. The van der Waals surface area contributed by atoms with Gasteiger partial charge in [-0.2, -0.15) is 5.11 Å². The zero-order valence-electron chi connectivity index (χ0n) is 14.0. The Morgan fingerprint density at radius 3 is 2.05 bits per heavy atom. The van der Waals surface area contributed by atoms with Crippen molar-refractivity contribution >= 4 is 19.7 Å². The van der Waals surface area contributed by atoms with Crippen LogP contribution in [-0.4, -0.2) is 8.32 Å². The predicted octanol–water partition coefficient (Wildman–Crippen LogP) is 6.49. The molecule has 0 aromatic heterocycles. The van der Waals surface area contributed by atoms with Gasteiger partial charge < -0.3 is 4.43 Å². The fourth-order valence-electron chi connectivity index (χ4n) is 1.66. The molecule has 116 valence electrons. The smallest absolute Gasteiger partial charge is 0.250 e. The second-order valence-electron chi connectivity index (χ2n) is 6.87. The molecule has 0 radical (unpaired) electrons. The summed E-state index contributed by atoms with van der Waals surface area (Å²) in [5.74, 6) is 0.814. The van der Waals surface area contributed by atoms with Gasteiger partial charge in [0, 0.05) is 0 Å². The van der Waals surface area contributed by atoms with Crippen molar-refractivity contribution in [2.75, 3.05) is 0 Å². The van der Waals surface area contributed by atoms with Crippen molar-refractivity contribution in [1.29, 1.82) is 0 Å². The molecule has 0 atom stereocenters. The third-order valence-electron chi connectivity index (χ3n) is 4.07. The van der Waals surface area contributed by atoms with Gasteiger partial charge in [-0.05, 0) is 42.4 Å². The van der Waals surface area contributed by atoms with Crippen molar-refractivity contribution in [1.82, 2.24) is 0 Å². The highest BCUT2D eigenvalue weighted by atomic mass is 28.4. The molecule has 0 aliphatic rings. The summed E-state index contributed by atoms with van der Waals surface area (Å²) in [7, 11) is -1.89. The van der Waals surface area contributed by atoms with Crippen molar-refractivity contribution in [2.24, 2.45) is 10.2 Å². The molecule has 0 saturated heterocycles. The fraction of sp³-hybridized carbons (Fsp3) is 0.333. The van der Waals surface area contributed by atoms with E-state index < -0.39 is 8.32 Å². The third-order valence-corrected chi connectivity index (χ3v) is 8.41. The number of hydrogen-bond donors (Lipinski definition) is 0. The lowest BCUT2D eigenvalue weighted by Gasteiger charge is -2.36. The molecule has 2 aromatic rings. The minimum absolute atomic E-state index is 0.149. The van der Waals surface area contributed by atoms with Gasteiger partial charge in [0.05, 0.1) is 5.69 Å². The Hall–Kier alpha value is -1.94. The second kappa shape index (κ2) is 6.44. The Balaban J connectivity index is 2.26. The van der Waals surface area contributed by atoms with Crippen LogP contribution < -0.4 is 4.43 Å². The van der Waals surface area contributed by atoms with E-state index in [1.54, 1.807) is 0 Å². The standard InChI is InChI=1S/C18H24N2OSi/c1-18(2,3)22(4,5)21-17-14-10-9-13-16(17)20-19-15-11-7-6-8-12-15/h6-14H,1-5H3. The van der Waals surface area contributed by atoms with Crippen LogP contribution in [0.3, 0.4) is 0 Å². The molecular formula is C18H24N2OSi. The lowest BCUT2D eigenvalue weighted by molar-refractivity contribution is 0.493. The van der Waals surface area contributed by atoms with Crippen molar-refractivity contribution in [3.05, 3.63) is 54.6 Å². The molecule has 0 saturated carbocycles. The van der Waals surface area contributed by atoms with Crippen LogP contribution in [0.1, 0.15) is 20.8 Å². The Bertz CT molecular complexity index is 646. The van der Waals surface area contributed by atoms with E-state index in [0.29, 0.717) is 0 Å². The van der Waals surface area contributed by atoms with Gasteiger partial charge in [0.1, 0.15) is 11.4 Å². The molecule has 2 rings (SSSR count). The topological polar surface area (TPSA) is 34.0 Å². The molecule has 0 aliphatic heterocycles. The fourth-order valence-corrected chi connectivity index (χ4v) is 2.69. The van der Waals surface area contributed by atoms with E-state index in [1.807, 2.05) is 54.6 Å². The van der Waals surface area contributed by atoms with Gasteiger partial charge in [-0.25, -0.2) is 0 Å². The normalized spacial score (nSPS) is 12.6. The van der Waals surface area contributed by atoms with E-state index in [1.165, 1.54) is 0 Å². The summed E-state index contributed by atoms with van der Waals surface area (Å²) in [6.45, 7) is 11.2. The summed E-state index contributed by atoms with van der Waals surface area (Å²) in [5.41, 5.74) is 1.61. The van der Waals surface area contributed by atoms with E-state index >= 15 is 0 Å². The zero-order valence-corrected chi connectivity index (χ0v) is 15.0. The highest BCUT2D eigenvalue weighted by Gasteiger charge is 2.39. The SMILES string of the molecule is CC(C)(C)[Si](C)(C)Oc1ccccc1N=Nc1ccccc1. The Morgan fingerprint density at radius 1 is 0.818 bits per heavy atom. The van der Waals surface area contributed by atoms with Crippen LogP contribution in [0.4, 0.5) is 11.4 Å².